The van der Waals surface area contributed by atoms with Crippen molar-refractivity contribution in [2.24, 2.45) is 5.92 Å². The largest absolute Gasteiger partial charge is 0.493 e. The first kappa shape index (κ1) is 26.5. The highest BCUT2D eigenvalue weighted by atomic mass is 19.4. The van der Waals surface area contributed by atoms with Crippen LogP contribution in [0.25, 0.3) is 0 Å². The fourth-order valence-corrected chi connectivity index (χ4v) is 4.73. The van der Waals surface area contributed by atoms with Crippen LogP contribution in [0.1, 0.15) is 57.5 Å². The average Bonchev–Trinajstić information content (AvgIpc) is 3.65. The molecule has 1 fully saturated rings. The fraction of sp³-hybridized carbons (Fsp3) is 0.345. The van der Waals surface area contributed by atoms with E-state index in [9.17, 15) is 28.2 Å². The van der Waals surface area contributed by atoms with E-state index in [2.05, 4.69) is 5.32 Å². The zero-order valence-electron chi connectivity index (χ0n) is 20.9. The van der Waals surface area contributed by atoms with Gasteiger partial charge in [-0.2, -0.15) is 13.2 Å². The molecule has 4 rings (SSSR count). The van der Waals surface area contributed by atoms with E-state index < -0.39 is 29.9 Å². The molecule has 0 spiro atoms. The topological polar surface area (TPSA) is 78.8 Å². The summed E-state index contributed by atoms with van der Waals surface area (Å²) < 4.78 is 47.2. The predicted molar refractivity (Wildman–Crippen MR) is 135 cm³/mol. The molecule has 3 aromatic rings. The zero-order valence-corrected chi connectivity index (χ0v) is 20.9. The van der Waals surface area contributed by atoms with Crippen LogP contribution in [0.4, 0.5) is 18.9 Å². The van der Waals surface area contributed by atoms with E-state index in [0.717, 1.165) is 29.2 Å². The lowest BCUT2D eigenvalue weighted by molar-refractivity contribution is -0.139. The molecule has 3 aromatic carbocycles. The molecular weight excluding hydrogens is 483 g/mol. The summed E-state index contributed by atoms with van der Waals surface area (Å²) in [6, 6.07) is 15.2. The van der Waals surface area contributed by atoms with Crippen molar-refractivity contribution in [2.45, 2.75) is 51.9 Å². The number of ether oxygens (including phenoxy) is 1. The van der Waals surface area contributed by atoms with E-state index in [1.165, 1.54) is 12.1 Å². The van der Waals surface area contributed by atoms with Gasteiger partial charge in [-0.15, -0.1) is 0 Å². The third kappa shape index (κ3) is 5.91. The quantitative estimate of drug-likeness (QED) is 0.283. The molecule has 0 aromatic heterocycles. The minimum Gasteiger partial charge on any atom is -0.493 e. The van der Waals surface area contributed by atoms with Gasteiger partial charge in [0.1, 0.15) is 5.75 Å². The number of benzene rings is 3. The second kappa shape index (κ2) is 10.5. The Kier molecular flexibility index (Phi) is 7.50. The lowest BCUT2D eigenvalue weighted by atomic mass is 9.97. The molecule has 0 bridgehead atoms. The first-order valence-corrected chi connectivity index (χ1v) is 12.1. The second-order valence-electron chi connectivity index (χ2n) is 9.58. The number of aliphatic hydroxyl groups is 1. The van der Waals surface area contributed by atoms with Crippen molar-refractivity contribution in [3.8, 4) is 5.75 Å². The van der Waals surface area contributed by atoms with Gasteiger partial charge in [0.25, 0.3) is 0 Å². The summed E-state index contributed by atoms with van der Waals surface area (Å²) in [6.07, 6.45) is -4.95. The number of nitrogens with one attached hydrogen (secondary N) is 1. The minimum absolute atomic E-state index is 0.286. The van der Waals surface area contributed by atoms with Gasteiger partial charge in [-0.05, 0) is 79.1 Å². The van der Waals surface area contributed by atoms with Gasteiger partial charge in [0.2, 0.25) is 0 Å². The molecule has 0 saturated heterocycles. The van der Waals surface area contributed by atoms with Crippen LogP contribution < -0.4 is 10.1 Å². The third-order valence-electron chi connectivity index (χ3n) is 7.02. The highest BCUT2D eigenvalue weighted by Crippen LogP contribution is 2.49. The molecule has 196 valence electrons. The molecule has 1 aliphatic carbocycles. The highest BCUT2D eigenvalue weighted by molar-refractivity contribution is 5.75. The van der Waals surface area contributed by atoms with Crippen molar-refractivity contribution >= 4 is 11.7 Å². The molecule has 37 heavy (non-hydrogen) atoms. The summed E-state index contributed by atoms with van der Waals surface area (Å²) in [5.41, 5.74) is 3.16. The van der Waals surface area contributed by atoms with Gasteiger partial charge in [0.05, 0.1) is 18.1 Å². The van der Waals surface area contributed by atoms with Crippen LogP contribution in [-0.4, -0.2) is 22.8 Å². The lowest BCUT2D eigenvalue weighted by Crippen LogP contribution is -2.17. The maximum atomic E-state index is 13.7. The van der Waals surface area contributed by atoms with Gasteiger partial charge in [-0.3, -0.25) is 4.79 Å². The molecule has 0 amide bonds. The summed E-state index contributed by atoms with van der Waals surface area (Å²) in [7, 11) is 0. The summed E-state index contributed by atoms with van der Waals surface area (Å²) in [5, 5.41) is 22.8. The Labute approximate surface area is 213 Å². The Morgan fingerprint density at radius 1 is 1.08 bits per heavy atom. The number of carboxylic acid groups (broad SMARTS) is 1. The van der Waals surface area contributed by atoms with Crippen molar-refractivity contribution in [1.82, 2.24) is 0 Å². The summed E-state index contributed by atoms with van der Waals surface area (Å²) in [5.74, 6) is -1.21. The van der Waals surface area contributed by atoms with E-state index in [-0.39, 0.29) is 11.6 Å². The Bertz CT molecular complexity index is 1290. The number of aliphatic carboxylic acids is 1. The molecule has 1 aliphatic rings. The normalized spacial score (nSPS) is 17.8. The Balaban J connectivity index is 1.56. The number of hydrogen-bond acceptors (Lipinski definition) is 4. The maximum Gasteiger partial charge on any atom is 0.418 e. The van der Waals surface area contributed by atoms with Gasteiger partial charge in [-0.25, -0.2) is 0 Å². The van der Waals surface area contributed by atoms with Crippen LogP contribution in [0.5, 0.6) is 5.75 Å². The smallest absolute Gasteiger partial charge is 0.418 e. The molecule has 0 aliphatic heterocycles. The van der Waals surface area contributed by atoms with Gasteiger partial charge in [0.15, 0.2) is 6.23 Å². The van der Waals surface area contributed by atoms with Gasteiger partial charge < -0.3 is 20.3 Å². The number of aryl methyl sites for hydroxylation is 1. The number of rotatable bonds is 9. The highest BCUT2D eigenvalue weighted by Gasteiger charge is 2.45. The summed E-state index contributed by atoms with van der Waals surface area (Å²) >= 11 is 0. The van der Waals surface area contributed by atoms with Crippen molar-refractivity contribution in [3.63, 3.8) is 0 Å². The van der Waals surface area contributed by atoms with Crippen molar-refractivity contribution in [1.29, 1.82) is 0 Å². The number of alkyl halides is 3. The summed E-state index contributed by atoms with van der Waals surface area (Å²) in [4.78, 5) is 11.2. The van der Waals surface area contributed by atoms with Gasteiger partial charge in [0, 0.05) is 17.7 Å². The predicted octanol–water partition coefficient (Wildman–Crippen LogP) is 6.54. The zero-order chi connectivity index (χ0) is 26.9. The lowest BCUT2D eigenvalue weighted by Gasteiger charge is -2.23. The molecular formula is C29H30F3NO4. The van der Waals surface area contributed by atoms with E-state index in [1.54, 1.807) is 13.0 Å². The first-order chi connectivity index (χ1) is 17.5. The SMILES string of the molecule is Cc1cc(C(O)Nc2cc([C@H]3C[C@H]3C(=O)O)ccc2C(F)(F)F)c(C)c(C)c1OCCc1ccccc1. The van der Waals surface area contributed by atoms with Gasteiger partial charge in [-0.1, -0.05) is 36.4 Å². The van der Waals surface area contributed by atoms with Crippen LogP contribution in [0.3, 0.4) is 0 Å². The molecule has 0 radical (unpaired) electrons. The minimum atomic E-state index is -4.65. The average molecular weight is 514 g/mol. The summed E-state index contributed by atoms with van der Waals surface area (Å²) in [6.45, 7) is 5.95. The van der Waals surface area contributed by atoms with Crippen LogP contribution in [-0.2, 0) is 17.4 Å². The molecule has 1 unspecified atom stereocenters. The van der Waals surface area contributed by atoms with Crippen molar-refractivity contribution in [3.05, 3.63) is 93.5 Å². The van der Waals surface area contributed by atoms with Crippen molar-refractivity contribution < 1.29 is 32.9 Å². The van der Waals surface area contributed by atoms with Crippen LogP contribution in [0.15, 0.2) is 54.6 Å². The van der Waals surface area contributed by atoms with E-state index >= 15 is 0 Å². The molecule has 1 saturated carbocycles. The first-order valence-electron chi connectivity index (χ1n) is 12.1. The van der Waals surface area contributed by atoms with Crippen LogP contribution >= 0.6 is 0 Å². The molecule has 5 nitrogen and oxygen atoms in total. The number of carboxylic acids is 1. The number of aliphatic hydroxyl groups excluding tert-OH is 1. The molecule has 3 atom stereocenters. The monoisotopic (exact) mass is 513 g/mol. The van der Waals surface area contributed by atoms with E-state index in [1.807, 2.05) is 44.2 Å². The Morgan fingerprint density at radius 2 is 1.78 bits per heavy atom. The maximum absolute atomic E-state index is 13.7. The fourth-order valence-electron chi connectivity index (χ4n) is 4.73. The Hall–Kier alpha value is -3.52. The van der Waals surface area contributed by atoms with Crippen molar-refractivity contribution in [2.75, 3.05) is 11.9 Å². The van der Waals surface area contributed by atoms with Crippen LogP contribution in [0, 0.1) is 26.7 Å². The molecule has 8 heteroatoms. The number of anilines is 1. The standard InChI is InChI=1S/C29H30F3NO4/c1-16-13-21(17(2)18(3)26(16)37-12-11-19-7-5-4-6-8-19)27(34)33-25-14-20(22-15-23(22)28(35)36)9-10-24(25)29(30,31)32/h4-10,13-14,22-23,27,33-34H,11-12,15H2,1-3H3,(H,35,36)/t22-,23-,27?/m1/s1. The van der Waals surface area contributed by atoms with E-state index in [4.69, 9.17) is 4.74 Å². The third-order valence-corrected chi connectivity index (χ3v) is 7.02. The van der Waals surface area contributed by atoms with Gasteiger partial charge >= 0.3 is 12.1 Å². The molecule has 0 heterocycles. The second-order valence-corrected chi connectivity index (χ2v) is 9.58. The van der Waals surface area contributed by atoms with Crippen LogP contribution in [0.2, 0.25) is 0 Å². The molecule has 3 N–H and O–H groups in total. The number of halogens is 3. The number of hydrogen-bond donors (Lipinski definition) is 3. The van der Waals surface area contributed by atoms with E-state index in [0.29, 0.717) is 35.5 Å². The number of carbonyl (C=O) groups is 1. The Morgan fingerprint density at radius 3 is 2.41 bits per heavy atom.